The van der Waals surface area contributed by atoms with E-state index in [0.717, 1.165) is 31.5 Å². The molecule has 1 fully saturated rings. The molecule has 0 spiro atoms. The average Bonchev–Trinajstić information content (AvgIpc) is 2.47. The van der Waals surface area contributed by atoms with E-state index in [1.54, 1.807) is 12.1 Å². The molecule has 21 heavy (non-hydrogen) atoms. The molecule has 6 nitrogen and oxygen atoms in total. The lowest BCUT2D eigenvalue weighted by molar-refractivity contribution is -0.125. The maximum atomic E-state index is 11.9. The second kappa shape index (κ2) is 7.02. The number of benzene rings is 1. The molecule has 1 amide bonds. The molecule has 0 saturated carbocycles. The third-order valence-corrected chi connectivity index (χ3v) is 4.56. The van der Waals surface area contributed by atoms with Crippen molar-refractivity contribution in [3.63, 3.8) is 0 Å². The molecule has 4 N–H and O–H groups in total. The van der Waals surface area contributed by atoms with Gasteiger partial charge in [-0.3, -0.25) is 4.79 Å². The molecule has 1 atom stereocenters. The van der Waals surface area contributed by atoms with Crippen LogP contribution >= 0.6 is 0 Å². The van der Waals surface area contributed by atoms with E-state index in [9.17, 15) is 13.2 Å². The van der Waals surface area contributed by atoms with Gasteiger partial charge in [-0.15, -0.1) is 0 Å². The van der Waals surface area contributed by atoms with Crippen LogP contribution in [0.25, 0.3) is 0 Å². The Labute approximate surface area is 125 Å². The summed E-state index contributed by atoms with van der Waals surface area (Å²) in [5.41, 5.74) is 0.962. The summed E-state index contributed by atoms with van der Waals surface area (Å²) in [6.07, 6.45) is 2.63. The Morgan fingerprint density at radius 1 is 1.33 bits per heavy atom. The Morgan fingerprint density at radius 2 is 2.05 bits per heavy atom. The molecule has 1 aliphatic rings. The van der Waals surface area contributed by atoms with Gasteiger partial charge in [0.25, 0.3) is 0 Å². The normalized spacial score (nSPS) is 19.2. The number of sulfonamides is 1. The standard InChI is InChI=1S/C14H21N3O3S/c15-21(19,20)13-5-3-11(4-6-13)7-9-17-14(18)12-2-1-8-16-10-12/h3-6,12,16H,1-2,7-10H2,(H,17,18)(H2,15,19,20)/t12-/m1/s1. The highest BCUT2D eigenvalue weighted by Gasteiger charge is 2.20. The lowest BCUT2D eigenvalue weighted by Gasteiger charge is -2.21. The summed E-state index contributed by atoms with van der Waals surface area (Å²) in [4.78, 5) is 12.0. The van der Waals surface area contributed by atoms with Crippen LogP contribution in [0.2, 0.25) is 0 Å². The van der Waals surface area contributed by atoms with Crippen LogP contribution in [-0.4, -0.2) is 34.0 Å². The topological polar surface area (TPSA) is 101 Å². The largest absolute Gasteiger partial charge is 0.355 e. The summed E-state index contributed by atoms with van der Waals surface area (Å²) in [6.45, 7) is 2.28. The molecule has 2 rings (SSSR count). The van der Waals surface area contributed by atoms with Gasteiger partial charge < -0.3 is 10.6 Å². The van der Waals surface area contributed by atoms with Gasteiger partial charge in [-0.05, 0) is 43.5 Å². The molecule has 1 aliphatic heterocycles. The third kappa shape index (κ3) is 4.80. The van der Waals surface area contributed by atoms with E-state index in [2.05, 4.69) is 10.6 Å². The lowest BCUT2D eigenvalue weighted by Crippen LogP contribution is -2.41. The molecule has 1 aromatic carbocycles. The molecular formula is C14H21N3O3S. The number of rotatable bonds is 5. The average molecular weight is 311 g/mol. The van der Waals surface area contributed by atoms with Crippen molar-refractivity contribution in [3.8, 4) is 0 Å². The van der Waals surface area contributed by atoms with Crippen molar-refractivity contribution < 1.29 is 13.2 Å². The van der Waals surface area contributed by atoms with E-state index in [-0.39, 0.29) is 16.7 Å². The fourth-order valence-electron chi connectivity index (χ4n) is 2.40. The molecule has 0 aliphatic carbocycles. The zero-order valence-electron chi connectivity index (χ0n) is 11.8. The van der Waals surface area contributed by atoms with Gasteiger partial charge in [0, 0.05) is 13.1 Å². The highest BCUT2D eigenvalue weighted by Crippen LogP contribution is 2.11. The van der Waals surface area contributed by atoms with E-state index in [1.807, 2.05) is 0 Å². The van der Waals surface area contributed by atoms with Crippen molar-refractivity contribution in [3.05, 3.63) is 29.8 Å². The number of carbonyl (C=O) groups excluding carboxylic acids is 1. The van der Waals surface area contributed by atoms with E-state index < -0.39 is 10.0 Å². The van der Waals surface area contributed by atoms with Crippen LogP contribution in [0.5, 0.6) is 0 Å². The summed E-state index contributed by atoms with van der Waals surface area (Å²) < 4.78 is 22.3. The number of hydrogen-bond acceptors (Lipinski definition) is 4. The lowest BCUT2D eigenvalue weighted by atomic mass is 9.99. The molecule has 0 radical (unpaired) electrons. The van der Waals surface area contributed by atoms with Gasteiger partial charge in [-0.25, -0.2) is 13.6 Å². The summed E-state index contributed by atoms with van der Waals surface area (Å²) >= 11 is 0. The van der Waals surface area contributed by atoms with Crippen LogP contribution in [0.3, 0.4) is 0 Å². The second-order valence-corrected chi connectivity index (χ2v) is 6.83. The monoisotopic (exact) mass is 311 g/mol. The van der Waals surface area contributed by atoms with Gasteiger partial charge in [0.2, 0.25) is 15.9 Å². The number of piperidine rings is 1. The van der Waals surface area contributed by atoms with Gasteiger partial charge in [-0.2, -0.15) is 0 Å². The summed E-state index contributed by atoms with van der Waals surface area (Å²) in [5, 5.41) is 11.2. The van der Waals surface area contributed by atoms with Crippen molar-refractivity contribution in [1.29, 1.82) is 0 Å². The Bertz CT molecular complexity index is 578. The SMILES string of the molecule is NS(=O)(=O)c1ccc(CCNC(=O)[C@@H]2CCCNC2)cc1. The first-order valence-corrected chi connectivity index (χ1v) is 8.61. The molecule has 116 valence electrons. The van der Waals surface area contributed by atoms with Gasteiger partial charge in [0.1, 0.15) is 0 Å². The van der Waals surface area contributed by atoms with Crippen LogP contribution in [0, 0.1) is 5.92 Å². The molecule has 1 aromatic rings. The number of nitrogens with two attached hydrogens (primary N) is 1. The first-order valence-electron chi connectivity index (χ1n) is 7.07. The first-order chi connectivity index (χ1) is 9.97. The highest BCUT2D eigenvalue weighted by molar-refractivity contribution is 7.89. The molecule has 0 unspecified atom stereocenters. The fourth-order valence-corrected chi connectivity index (χ4v) is 2.91. The minimum Gasteiger partial charge on any atom is -0.355 e. The molecule has 1 heterocycles. The third-order valence-electron chi connectivity index (χ3n) is 3.63. The molecule has 7 heteroatoms. The Balaban J connectivity index is 1.79. The van der Waals surface area contributed by atoms with Crippen LogP contribution < -0.4 is 15.8 Å². The van der Waals surface area contributed by atoms with Crippen LogP contribution in [0.15, 0.2) is 29.2 Å². The predicted molar refractivity (Wildman–Crippen MR) is 80.1 cm³/mol. The number of primary sulfonamides is 1. The van der Waals surface area contributed by atoms with Crippen LogP contribution in [-0.2, 0) is 21.2 Å². The second-order valence-electron chi connectivity index (χ2n) is 5.27. The summed E-state index contributed by atoms with van der Waals surface area (Å²) in [7, 11) is -3.64. The number of nitrogens with one attached hydrogen (secondary N) is 2. The van der Waals surface area contributed by atoms with Gasteiger partial charge in [-0.1, -0.05) is 12.1 Å². The number of carbonyl (C=O) groups is 1. The number of amides is 1. The van der Waals surface area contributed by atoms with E-state index in [1.165, 1.54) is 12.1 Å². The van der Waals surface area contributed by atoms with Crippen molar-refractivity contribution in [2.75, 3.05) is 19.6 Å². The minimum absolute atomic E-state index is 0.0588. The van der Waals surface area contributed by atoms with Crippen molar-refractivity contribution in [2.45, 2.75) is 24.2 Å². The molecular weight excluding hydrogens is 290 g/mol. The van der Waals surface area contributed by atoms with Gasteiger partial charge >= 0.3 is 0 Å². The van der Waals surface area contributed by atoms with Crippen LogP contribution in [0.1, 0.15) is 18.4 Å². The maximum absolute atomic E-state index is 11.9. The van der Waals surface area contributed by atoms with Crippen LogP contribution in [0.4, 0.5) is 0 Å². The van der Waals surface area contributed by atoms with E-state index in [0.29, 0.717) is 13.0 Å². The maximum Gasteiger partial charge on any atom is 0.238 e. The highest BCUT2D eigenvalue weighted by atomic mass is 32.2. The Morgan fingerprint density at radius 3 is 2.62 bits per heavy atom. The smallest absolute Gasteiger partial charge is 0.238 e. The van der Waals surface area contributed by atoms with E-state index >= 15 is 0 Å². The minimum atomic E-state index is -3.64. The van der Waals surface area contributed by atoms with Gasteiger partial charge in [0.05, 0.1) is 10.8 Å². The summed E-state index contributed by atoms with van der Waals surface area (Å²) in [5.74, 6) is 0.145. The summed E-state index contributed by atoms with van der Waals surface area (Å²) in [6, 6.07) is 6.40. The predicted octanol–water partition coefficient (Wildman–Crippen LogP) is -0.00770. The zero-order valence-corrected chi connectivity index (χ0v) is 12.7. The van der Waals surface area contributed by atoms with E-state index in [4.69, 9.17) is 5.14 Å². The number of hydrogen-bond donors (Lipinski definition) is 3. The molecule has 0 bridgehead atoms. The Hall–Kier alpha value is -1.44. The molecule has 0 aromatic heterocycles. The Kier molecular flexibility index (Phi) is 5.33. The zero-order chi connectivity index (χ0) is 15.3. The van der Waals surface area contributed by atoms with Crippen molar-refractivity contribution in [1.82, 2.24) is 10.6 Å². The van der Waals surface area contributed by atoms with Gasteiger partial charge in [0.15, 0.2) is 0 Å². The fraction of sp³-hybridized carbons (Fsp3) is 0.500. The van der Waals surface area contributed by atoms with Crippen molar-refractivity contribution in [2.24, 2.45) is 11.1 Å². The van der Waals surface area contributed by atoms with Crippen molar-refractivity contribution >= 4 is 15.9 Å². The first kappa shape index (κ1) is 15.9. The quantitative estimate of drug-likeness (QED) is 0.712. The molecule has 1 saturated heterocycles.